The van der Waals surface area contributed by atoms with Crippen molar-refractivity contribution in [3.05, 3.63) is 30.2 Å². The molecular formula is C13H11F3N2O3. The van der Waals surface area contributed by atoms with Crippen molar-refractivity contribution in [1.29, 1.82) is 0 Å². The summed E-state index contributed by atoms with van der Waals surface area (Å²) in [6, 6.07) is 6.70. The molecule has 1 aromatic heterocycles. The second kappa shape index (κ2) is 5.94. The van der Waals surface area contributed by atoms with Crippen molar-refractivity contribution in [1.82, 2.24) is 10.1 Å². The van der Waals surface area contributed by atoms with Crippen molar-refractivity contribution in [3.8, 4) is 17.1 Å². The molecule has 112 valence electrons. The summed E-state index contributed by atoms with van der Waals surface area (Å²) in [7, 11) is 0. The number of carbonyl (C=O) groups excluding carboxylic acids is 1. The van der Waals surface area contributed by atoms with Gasteiger partial charge in [-0.15, -0.1) is 0 Å². The molecule has 0 saturated heterocycles. The van der Waals surface area contributed by atoms with E-state index < -0.39 is 18.4 Å². The molecule has 8 heteroatoms. The first-order valence-electron chi connectivity index (χ1n) is 6.06. The molecule has 21 heavy (non-hydrogen) atoms. The fraction of sp³-hybridized carbons (Fsp3) is 0.308. The number of halogens is 3. The van der Waals surface area contributed by atoms with Gasteiger partial charge in [0.05, 0.1) is 13.0 Å². The number of ketones is 1. The van der Waals surface area contributed by atoms with Gasteiger partial charge < -0.3 is 9.26 Å². The minimum Gasteiger partial charge on any atom is -0.494 e. The highest BCUT2D eigenvalue weighted by molar-refractivity contribution is 5.85. The summed E-state index contributed by atoms with van der Waals surface area (Å²) in [4.78, 5) is 14.6. The normalized spacial score (nSPS) is 11.4. The van der Waals surface area contributed by atoms with Crippen molar-refractivity contribution in [2.75, 3.05) is 6.61 Å². The molecule has 0 unspecified atom stereocenters. The number of hydrogen-bond acceptors (Lipinski definition) is 5. The van der Waals surface area contributed by atoms with E-state index in [2.05, 4.69) is 14.7 Å². The van der Waals surface area contributed by atoms with Crippen LogP contribution in [0.15, 0.2) is 28.8 Å². The second-order valence-corrected chi connectivity index (χ2v) is 4.07. The second-order valence-electron chi connectivity index (χ2n) is 4.07. The fourth-order valence-electron chi connectivity index (χ4n) is 1.57. The van der Waals surface area contributed by atoms with E-state index in [0.717, 1.165) is 0 Å². The zero-order chi connectivity index (χ0) is 15.5. The van der Waals surface area contributed by atoms with Crippen molar-refractivity contribution >= 4 is 5.78 Å². The number of nitrogens with zero attached hydrogens (tertiary/aromatic N) is 2. The van der Waals surface area contributed by atoms with Gasteiger partial charge >= 0.3 is 6.18 Å². The molecular weight excluding hydrogens is 289 g/mol. The Bertz CT molecular complexity index is 638. The fourth-order valence-corrected chi connectivity index (χ4v) is 1.57. The van der Waals surface area contributed by atoms with Crippen LogP contribution in [0.3, 0.4) is 0 Å². The lowest BCUT2D eigenvalue weighted by Gasteiger charge is -2.03. The van der Waals surface area contributed by atoms with E-state index in [1.165, 1.54) is 0 Å². The number of benzene rings is 1. The van der Waals surface area contributed by atoms with E-state index in [4.69, 9.17) is 4.74 Å². The first-order chi connectivity index (χ1) is 9.90. The van der Waals surface area contributed by atoms with Gasteiger partial charge in [-0.3, -0.25) is 4.79 Å². The van der Waals surface area contributed by atoms with Crippen molar-refractivity contribution in [2.45, 2.75) is 19.5 Å². The summed E-state index contributed by atoms with van der Waals surface area (Å²) in [6.07, 6.45) is -5.88. The van der Waals surface area contributed by atoms with Gasteiger partial charge in [-0.25, -0.2) is 0 Å². The Kier molecular flexibility index (Phi) is 4.25. The molecule has 0 atom stereocenters. The molecule has 0 aliphatic rings. The summed E-state index contributed by atoms with van der Waals surface area (Å²) in [5.41, 5.74) is 0.524. The lowest BCUT2D eigenvalue weighted by atomic mass is 10.2. The number of ether oxygens (including phenoxy) is 1. The van der Waals surface area contributed by atoms with Gasteiger partial charge in [-0.05, 0) is 19.1 Å². The van der Waals surface area contributed by atoms with Crippen LogP contribution in [-0.2, 0) is 11.2 Å². The zero-order valence-electron chi connectivity index (χ0n) is 11.0. The Morgan fingerprint density at radius 2 is 2.14 bits per heavy atom. The van der Waals surface area contributed by atoms with Gasteiger partial charge in [0.1, 0.15) is 5.75 Å². The van der Waals surface area contributed by atoms with Crippen LogP contribution in [0.2, 0.25) is 0 Å². The molecule has 5 nitrogen and oxygen atoms in total. The molecule has 2 aromatic rings. The van der Waals surface area contributed by atoms with Crippen molar-refractivity contribution in [2.24, 2.45) is 0 Å². The van der Waals surface area contributed by atoms with Gasteiger partial charge in [-0.2, -0.15) is 18.2 Å². The standard InChI is InChI=1S/C13H11F3N2O3/c1-2-20-9-5-3-4-8(6-9)12-17-11(21-18-12)7-10(19)13(14,15)16/h3-6H,2,7H2,1H3. The van der Waals surface area contributed by atoms with Crippen LogP contribution in [0.5, 0.6) is 5.75 Å². The van der Waals surface area contributed by atoms with Crippen LogP contribution in [0, 0.1) is 0 Å². The predicted molar refractivity (Wildman–Crippen MR) is 65.7 cm³/mol. The van der Waals surface area contributed by atoms with Crippen molar-refractivity contribution in [3.63, 3.8) is 0 Å². The number of Topliss-reactive ketones (excluding diaryl/α,β-unsaturated/α-hetero) is 1. The number of rotatable bonds is 5. The Hall–Kier alpha value is -2.38. The minimum absolute atomic E-state index is 0.0986. The third-order valence-corrected chi connectivity index (χ3v) is 2.50. The summed E-state index contributed by atoms with van der Waals surface area (Å²) in [5.74, 6) is -1.64. The largest absolute Gasteiger partial charge is 0.494 e. The summed E-state index contributed by atoms with van der Waals surface area (Å²) in [5, 5.41) is 3.56. The molecule has 1 heterocycles. The molecule has 1 aromatic carbocycles. The summed E-state index contributed by atoms with van der Waals surface area (Å²) >= 11 is 0. The molecule has 0 N–H and O–H groups in total. The molecule has 0 amide bonds. The molecule has 0 saturated carbocycles. The van der Waals surface area contributed by atoms with E-state index in [1.807, 2.05) is 6.92 Å². The zero-order valence-corrected chi connectivity index (χ0v) is 11.0. The topological polar surface area (TPSA) is 65.2 Å². The molecule has 0 fully saturated rings. The van der Waals surface area contributed by atoms with Crippen LogP contribution < -0.4 is 4.74 Å². The maximum atomic E-state index is 12.1. The SMILES string of the molecule is CCOc1cccc(-c2noc(CC(=O)C(F)(F)F)n2)c1. The molecule has 0 bridgehead atoms. The van der Waals surface area contributed by atoms with E-state index in [0.29, 0.717) is 17.9 Å². The van der Waals surface area contributed by atoms with E-state index >= 15 is 0 Å². The Morgan fingerprint density at radius 3 is 2.81 bits per heavy atom. The lowest BCUT2D eigenvalue weighted by Crippen LogP contribution is -2.24. The lowest BCUT2D eigenvalue weighted by molar-refractivity contribution is -0.170. The van der Waals surface area contributed by atoms with E-state index in [1.54, 1.807) is 24.3 Å². The molecule has 2 rings (SSSR count). The van der Waals surface area contributed by atoms with Crippen LogP contribution in [0.4, 0.5) is 13.2 Å². The Labute approximate surface area is 117 Å². The molecule has 0 spiro atoms. The van der Waals surface area contributed by atoms with Crippen LogP contribution >= 0.6 is 0 Å². The molecule has 0 aliphatic heterocycles. The van der Waals surface area contributed by atoms with Crippen LogP contribution in [0.25, 0.3) is 11.4 Å². The molecule has 0 aliphatic carbocycles. The van der Waals surface area contributed by atoms with Crippen molar-refractivity contribution < 1.29 is 27.2 Å². The average molecular weight is 300 g/mol. The third kappa shape index (κ3) is 3.80. The average Bonchev–Trinajstić information content (AvgIpc) is 2.87. The predicted octanol–water partition coefficient (Wildman–Crippen LogP) is 2.81. The van der Waals surface area contributed by atoms with Gasteiger partial charge in [0.15, 0.2) is 0 Å². The maximum absolute atomic E-state index is 12.1. The Morgan fingerprint density at radius 1 is 1.38 bits per heavy atom. The van der Waals surface area contributed by atoms with Crippen LogP contribution in [0.1, 0.15) is 12.8 Å². The molecule has 0 radical (unpaired) electrons. The van der Waals surface area contributed by atoms with E-state index in [9.17, 15) is 18.0 Å². The Balaban J connectivity index is 2.16. The highest BCUT2D eigenvalue weighted by Crippen LogP contribution is 2.23. The highest BCUT2D eigenvalue weighted by atomic mass is 19.4. The summed E-state index contributed by atoms with van der Waals surface area (Å²) < 4.78 is 46.4. The summed E-state index contributed by atoms with van der Waals surface area (Å²) in [6.45, 7) is 2.29. The number of carbonyl (C=O) groups is 1. The highest BCUT2D eigenvalue weighted by Gasteiger charge is 2.39. The van der Waals surface area contributed by atoms with Gasteiger partial charge in [0.2, 0.25) is 17.5 Å². The number of aromatic nitrogens is 2. The van der Waals surface area contributed by atoms with E-state index in [-0.39, 0.29) is 11.7 Å². The monoisotopic (exact) mass is 300 g/mol. The number of hydrogen-bond donors (Lipinski definition) is 0. The number of alkyl halides is 3. The first-order valence-corrected chi connectivity index (χ1v) is 6.06. The maximum Gasteiger partial charge on any atom is 0.450 e. The smallest absolute Gasteiger partial charge is 0.450 e. The van der Waals surface area contributed by atoms with Crippen LogP contribution in [-0.4, -0.2) is 28.7 Å². The van der Waals surface area contributed by atoms with Gasteiger partial charge in [-0.1, -0.05) is 17.3 Å². The minimum atomic E-state index is -4.91. The quantitative estimate of drug-likeness (QED) is 0.849. The van der Waals surface area contributed by atoms with Gasteiger partial charge in [0.25, 0.3) is 0 Å². The third-order valence-electron chi connectivity index (χ3n) is 2.50. The van der Waals surface area contributed by atoms with Gasteiger partial charge in [0, 0.05) is 5.56 Å². The first kappa shape index (κ1) is 15.0.